The van der Waals surface area contributed by atoms with Crippen LogP contribution in [0.3, 0.4) is 0 Å². The highest BCUT2D eigenvalue weighted by Gasteiger charge is 2.19. The lowest BCUT2D eigenvalue weighted by Crippen LogP contribution is -2.09. The molecule has 61 heavy (non-hydrogen) atoms. The molecule has 0 saturated carbocycles. The molecule has 3 heteroatoms. The van der Waals surface area contributed by atoms with E-state index < -0.39 is 0 Å². The second-order valence-electron chi connectivity index (χ2n) is 15.7. The highest BCUT2D eigenvalue weighted by atomic mass is 16.3. The van der Waals surface area contributed by atoms with Crippen LogP contribution >= 0.6 is 0 Å². The van der Waals surface area contributed by atoms with Crippen LogP contribution in [0, 0.1) is 0 Å². The largest absolute Gasteiger partial charge is 0.454 e. The van der Waals surface area contributed by atoms with Gasteiger partial charge < -0.3 is 13.9 Å². The zero-order valence-electron chi connectivity index (χ0n) is 33.2. The van der Waals surface area contributed by atoms with Crippen molar-refractivity contribution >= 4 is 71.6 Å². The van der Waals surface area contributed by atoms with Crippen molar-refractivity contribution in [1.29, 1.82) is 0 Å². The van der Waals surface area contributed by atoms with E-state index in [-0.39, 0.29) is 0 Å². The summed E-state index contributed by atoms with van der Waals surface area (Å²) in [5, 5.41) is 7.05. The quantitative estimate of drug-likeness (QED) is 0.161. The van der Waals surface area contributed by atoms with Crippen LogP contribution in [0.25, 0.3) is 93.6 Å². The summed E-state index contributed by atoms with van der Waals surface area (Å²) >= 11 is 0. The summed E-state index contributed by atoms with van der Waals surface area (Å²) in [5.74, 6) is 0. The third-order valence-corrected chi connectivity index (χ3v) is 12.2. The molecule has 0 atom stereocenters. The maximum atomic E-state index is 6.73. The normalized spacial score (nSPS) is 11.6. The summed E-state index contributed by atoms with van der Waals surface area (Å²) in [7, 11) is 0. The number of para-hydroxylation sites is 2. The molecule has 0 fully saturated rings. The van der Waals surface area contributed by atoms with Crippen molar-refractivity contribution in [3.05, 3.63) is 231 Å². The first-order valence-electron chi connectivity index (χ1n) is 20.8. The molecule has 2 heterocycles. The van der Waals surface area contributed by atoms with E-state index in [0.29, 0.717) is 0 Å². The predicted molar refractivity (Wildman–Crippen MR) is 257 cm³/mol. The standard InChI is InChI=1S/C58H38N2O/c1-3-12-39(13-4-1)41-22-29-47(30-23-41)59(48-31-24-42(25-32-48)40-14-5-2-6-15-40)49-33-26-43(27-34-49)46-28-35-55-52(36-46)50-18-9-10-20-54(50)60(55)56-21-11-19-51-53-37-44-16-7-8-17-45(44)38-57(53)61-58(51)56/h1-38H. The molecule has 0 aliphatic rings. The minimum Gasteiger partial charge on any atom is -0.454 e. The highest BCUT2D eigenvalue weighted by Crippen LogP contribution is 2.42. The average Bonchev–Trinajstić information content (AvgIpc) is 3.87. The lowest BCUT2D eigenvalue weighted by atomic mass is 10.0. The highest BCUT2D eigenvalue weighted by molar-refractivity contribution is 6.15. The number of fused-ring (bicyclic) bond motifs is 7. The van der Waals surface area contributed by atoms with Crippen molar-refractivity contribution in [1.82, 2.24) is 4.57 Å². The van der Waals surface area contributed by atoms with E-state index in [1.165, 1.54) is 49.4 Å². The molecule has 0 spiro atoms. The number of anilines is 3. The summed E-state index contributed by atoms with van der Waals surface area (Å²) in [4.78, 5) is 2.34. The lowest BCUT2D eigenvalue weighted by molar-refractivity contribution is 0.667. The SMILES string of the molecule is c1ccc(-c2ccc(N(c3ccc(-c4ccccc4)cc3)c3ccc(-c4ccc5c(c4)c4ccccc4n5-c4cccc5c4oc4cc6ccccc6cc45)cc3)cc2)cc1. The van der Waals surface area contributed by atoms with Gasteiger partial charge in [-0.2, -0.15) is 0 Å². The van der Waals surface area contributed by atoms with E-state index in [1.807, 2.05) is 0 Å². The van der Waals surface area contributed by atoms with Crippen LogP contribution in [-0.2, 0) is 0 Å². The Morgan fingerprint density at radius 3 is 1.41 bits per heavy atom. The van der Waals surface area contributed by atoms with Gasteiger partial charge in [-0.25, -0.2) is 0 Å². The first kappa shape index (κ1) is 34.9. The fourth-order valence-corrected chi connectivity index (χ4v) is 9.17. The zero-order valence-corrected chi connectivity index (χ0v) is 33.2. The van der Waals surface area contributed by atoms with E-state index >= 15 is 0 Å². The monoisotopic (exact) mass is 778 g/mol. The third-order valence-electron chi connectivity index (χ3n) is 12.2. The molecule has 0 aliphatic heterocycles. The Balaban J connectivity index is 0.939. The van der Waals surface area contributed by atoms with Crippen molar-refractivity contribution < 1.29 is 4.42 Å². The first-order valence-corrected chi connectivity index (χ1v) is 20.8. The predicted octanol–water partition coefficient (Wildman–Crippen LogP) is 16.3. The van der Waals surface area contributed by atoms with E-state index in [0.717, 1.165) is 61.3 Å². The molecule has 12 rings (SSSR count). The van der Waals surface area contributed by atoms with Crippen molar-refractivity contribution in [3.8, 4) is 39.1 Å². The van der Waals surface area contributed by atoms with Gasteiger partial charge in [0, 0.05) is 38.6 Å². The minimum absolute atomic E-state index is 0.893. The number of hydrogen-bond acceptors (Lipinski definition) is 2. The zero-order chi connectivity index (χ0) is 40.3. The molecule has 0 bridgehead atoms. The fourth-order valence-electron chi connectivity index (χ4n) is 9.17. The first-order chi connectivity index (χ1) is 30.2. The summed E-state index contributed by atoms with van der Waals surface area (Å²) in [6, 6.07) is 82.8. The van der Waals surface area contributed by atoms with Crippen LogP contribution in [0.4, 0.5) is 17.1 Å². The maximum Gasteiger partial charge on any atom is 0.159 e. The maximum absolute atomic E-state index is 6.73. The Morgan fingerprint density at radius 2 is 0.787 bits per heavy atom. The van der Waals surface area contributed by atoms with Gasteiger partial charge in [0.05, 0.1) is 16.7 Å². The van der Waals surface area contributed by atoms with Gasteiger partial charge in [-0.3, -0.25) is 0 Å². The molecule has 10 aromatic carbocycles. The number of furan rings is 1. The van der Waals surface area contributed by atoms with Crippen LogP contribution in [0.2, 0.25) is 0 Å². The molecule has 0 unspecified atom stereocenters. The average molecular weight is 779 g/mol. The third kappa shape index (κ3) is 5.98. The molecular weight excluding hydrogens is 741 g/mol. The van der Waals surface area contributed by atoms with Crippen LogP contribution < -0.4 is 4.90 Å². The van der Waals surface area contributed by atoms with Gasteiger partial charge in [-0.05, 0) is 117 Å². The van der Waals surface area contributed by atoms with Crippen molar-refractivity contribution in [3.63, 3.8) is 0 Å². The molecule has 2 aromatic heterocycles. The van der Waals surface area contributed by atoms with E-state index in [9.17, 15) is 0 Å². The Labute approximate surface area is 353 Å². The van der Waals surface area contributed by atoms with Crippen molar-refractivity contribution in [2.24, 2.45) is 0 Å². The molecule has 3 nitrogen and oxygen atoms in total. The van der Waals surface area contributed by atoms with Gasteiger partial charge >= 0.3 is 0 Å². The second-order valence-corrected chi connectivity index (χ2v) is 15.7. The molecule has 0 aliphatic carbocycles. The summed E-state index contributed by atoms with van der Waals surface area (Å²) in [6.45, 7) is 0. The van der Waals surface area contributed by atoms with Crippen LogP contribution in [0.1, 0.15) is 0 Å². The second kappa shape index (κ2) is 14.3. The van der Waals surface area contributed by atoms with Crippen LogP contribution in [0.5, 0.6) is 0 Å². The molecular formula is C58H38N2O. The van der Waals surface area contributed by atoms with Gasteiger partial charge in [-0.1, -0.05) is 158 Å². The number of aromatic nitrogens is 1. The van der Waals surface area contributed by atoms with Crippen molar-refractivity contribution in [2.45, 2.75) is 0 Å². The summed E-state index contributed by atoms with van der Waals surface area (Å²) in [5.41, 5.74) is 15.5. The Bertz CT molecular complexity index is 3460. The molecule has 0 radical (unpaired) electrons. The van der Waals surface area contributed by atoms with Gasteiger partial charge in [0.15, 0.2) is 5.58 Å². The minimum atomic E-state index is 0.893. The molecule has 0 saturated heterocycles. The lowest BCUT2D eigenvalue weighted by Gasteiger charge is -2.26. The van der Waals surface area contributed by atoms with Gasteiger partial charge in [0.2, 0.25) is 0 Å². The Morgan fingerprint density at radius 1 is 0.311 bits per heavy atom. The van der Waals surface area contributed by atoms with Crippen molar-refractivity contribution in [2.75, 3.05) is 4.90 Å². The fraction of sp³-hybridized carbons (Fsp3) is 0. The van der Waals surface area contributed by atoms with E-state index in [1.54, 1.807) is 0 Å². The Hall–Kier alpha value is -8.14. The smallest absolute Gasteiger partial charge is 0.159 e. The van der Waals surface area contributed by atoms with E-state index in [2.05, 4.69) is 240 Å². The summed E-state index contributed by atoms with van der Waals surface area (Å²) < 4.78 is 9.10. The van der Waals surface area contributed by atoms with Gasteiger partial charge in [0.1, 0.15) is 5.58 Å². The summed E-state index contributed by atoms with van der Waals surface area (Å²) in [6.07, 6.45) is 0. The number of rotatable bonds is 7. The molecule has 12 aromatic rings. The van der Waals surface area contributed by atoms with Gasteiger partial charge in [-0.15, -0.1) is 0 Å². The van der Waals surface area contributed by atoms with Gasteiger partial charge in [0.25, 0.3) is 0 Å². The number of nitrogens with zero attached hydrogens (tertiary/aromatic N) is 2. The topological polar surface area (TPSA) is 21.3 Å². The molecule has 0 amide bonds. The number of hydrogen-bond donors (Lipinski definition) is 0. The molecule has 0 N–H and O–H groups in total. The van der Waals surface area contributed by atoms with Crippen LogP contribution in [0.15, 0.2) is 235 Å². The van der Waals surface area contributed by atoms with Crippen LogP contribution in [-0.4, -0.2) is 4.57 Å². The molecule has 286 valence electrons. The number of benzene rings is 10. The Kier molecular flexibility index (Phi) is 8.17. The van der Waals surface area contributed by atoms with E-state index in [4.69, 9.17) is 4.42 Å².